The van der Waals surface area contributed by atoms with Crippen LogP contribution in [0.1, 0.15) is 32.1 Å². The minimum Gasteiger partial charge on any atom is -0.376 e. The van der Waals surface area contributed by atoms with E-state index in [1.165, 1.54) is 51.7 Å². The number of hydrogen-bond acceptors (Lipinski definition) is 3. The van der Waals surface area contributed by atoms with Crippen LogP contribution in [0.3, 0.4) is 0 Å². The fourth-order valence-electron chi connectivity index (χ4n) is 4.11. The second-order valence-corrected chi connectivity index (χ2v) is 6.48. The van der Waals surface area contributed by atoms with Crippen molar-refractivity contribution in [2.75, 3.05) is 26.2 Å². The Morgan fingerprint density at radius 1 is 0.882 bits per heavy atom. The van der Waals surface area contributed by atoms with Gasteiger partial charge in [0.15, 0.2) is 0 Å². The number of nitrogens with zero attached hydrogens (tertiary/aromatic N) is 1. The minimum absolute atomic E-state index is 0.547. The van der Waals surface area contributed by atoms with Crippen molar-refractivity contribution in [3.8, 4) is 0 Å². The maximum absolute atomic E-state index is 5.94. The second-order valence-electron chi connectivity index (χ2n) is 6.48. The van der Waals surface area contributed by atoms with Crippen molar-refractivity contribution in [1.29, 1.82) is 0 Å². The van der Waals surface area contributed by atoms with E-state index in [2.05, 4.69) is 10.2 Å². The molecule has 3 nitrogen and oxygen atoms in total. The summed E-state index contributed by atoms with van der Waals surface area (Å²) in [6, 6.07) is 1.42. The van der Waals surface area contributed by atoms with Gasteiger partial charge in [-0.25, -0.2) is 0 Å². The van der Waals surface area contributed by atoms with Gasteiger partial charge < -0.3 is 15.0 Å². The largest absolute Gasteiger partial charge is 0.376 e. The Morgan fingerprint density at radius 3 is 2.35 bits per heavy atom. The third kappa shape index (κ3) is 2.02. The molecule has 3 heteroatoms. The summed E-state index contributed by atoms with van der Waals surface area (Å²) in [5.74, 6) is 1.83. The van der Waals surface area contributed by atoms with Gasteiger partial charge in [0.2, 0.25) is 0 Å². The first kappa shape index (κ1) is 10.8. The Labute approximate surface area is 104 Å². The summed E-state index contributed by atoms with van der Waals surface area (Å²) in [4.78, 5) is 2.64. The summed E-state index contributed by atoms with van der Waals surface area (Å²) in [6.45, 7) is 4.96. The van der Waals surface area contributed by atoms with E-state index in [0.29, 0.717) is 12.1 Å². The van der Waals surface area contributed by atoms with Crippen LogP contribution in [-0.2, 0) is 4.74 Å². The zero-order valence-corrected chi connectivity index (χ0v) is 10.6. The lowest BCUT2D eigenvalue weighted by Gasteiger charge is -2.46. The molecule has 4 heterocycles. The highest BCUT2D eigenvalue weighted by Gasteiger charge is 2.43. The van der Waals surface area contributed by atoms with Crippen LogP contribution in [0, 0.1) is 11.8 Å². The maximum Gasteiger partial charge on any atom is 0.0757 e. The quantitative estimate of drug-likeness (QED) is 0.798. The molecule has 4 saturated heterocycles. The number of fused-ring (bicyclic) bond motifs is 3. The van der Waals surface area contributed by atoms with Gasteiger partial charge >= 0.3 is 0 Å². The van der Waals surface area contributed by atoms with Crippen molar-refractivity contribution < 1.29 is 4.74 Å². The van der Waals surface area contributed by atoms with Gasteiger partial charge in [-0.1, -0.05) is 0 Å². The van der Waals surface area contributed by atoms with Gasteiger partial charge in [0.1, 0.15) is 0 Å². The second kappa shape index (κ2) is 4.22. The summed E-state index contributed by atoms with van der Waals surface area (Å²) in [5.41, 5.74) is 0. The molecule has 1 aliphatic carbocycles. The lowest BCUT2D eigenvalue weighted by Crippen LogP contribution is -2.59. The van der Waals surface area contributed by atoms with Crippen LogP contribution in [0.4, 0.5) is 0 Å². The molecule has 17 heavy (non-hydrogen) atoms. The van der Waals surface area contributed by atoms with E-state index >= 15 is 0 Å². The molecule has 2 bridgehead atoms. The van der Waals surface area contributed by atoms with Gasteiger partial charge in [0, 0.05) is 25.2 Å². The van der Waals surface area contributed by atoms with Gasteiger partial charge in [-0.15, -0.1) is 0 Å². The summed E-state index contributed by atoms with van der Waals surface area (Å²) >= 11 is 0. The standard InChI is InChI=1S/C14H24N2O/c1-2-11(1)14-12(5-8-17-14)15-13-9-16-6-3-10(13)4-7-16/h10-15H,1-9H2. The number of rotatable bonds is 3. The fourth-order valence-corrected chi connectivity index (χ4v) is 4.11. The van der Waals surface area contributed by atoms with E-state index in [4.69, 9.17) is 4.74 Å². The van der Waals surface area contributed by atoms with Crippen LogP contribution in [0.15, 0.2) is 0 Å². The first-order chi connectivity index (χ1) is 8.40. The van der Waals surface area contributed by atoms with Crippen LogP contribution in [-0.4, -0.2) is 49.3 Å². The van der Waals surface area contributed by atoms with E-state index in [9.17, 15) is 0 Å². The maximum atomic E-state index is 5.94. The number of ether oxygens (including phenoxy) is 1. The van der Waals surface area contributed by atoms with Crippen LogP contribution < -0.4 is 5.32 Å². The highest BCUT2D eigenvalue weighted by Crippen LogP contribution is 2.39. The molecule has 0 aromatic carbocycles. The smallest absolute Gasteiger partial charge is 0.0757 e. The molecule has 0 amide bonds. The molecular formula is C14H24N2O. The highest BCUT2D eigenvalue weighted by molar-refractivity contribution is 4.98. The van der Waals surface area contributed by atoms with Crippen molar-refractivity contribution in [2.45, 2.75) is 50.3 Å². The van der Waals surface area contributed by atoms with Crippen molar-refractivity contribution in [3.05, 3.63) is 0 Å². The zero-order valence-electron chi connectivity index (χ0n) is 10.6. The molecule has 1 saturated carbocycles. The van der Waals surface area contributed by atoms with Crippen LogP contribution in [0.25, 0.3) is 0 Å². The van der Waals surface area contributed by atoms with E-state index in [1.54, 1.807) is 0 Å². The van der Waals surface area contributed by atoms with Crippen molar-refractivity contribution in [1.82, 2.24) is 10.2 Å². The average Bonchev–Trinajstić information content (AvgIpc) is 3.12. The summed E-state index contributed by atoms with van der Waals surface area (Å²) < 4.78 is 5.94. The Hall–Kier alpha value is -0.120. The summed E-state index contributed by atoms with van der Waals surface area (Å²) in [7, 11) is 0. The number of piperidine rings is 3. The molecular weight excluding hydrogens is 212 g/mol. The van der Waals surface area contributed by atoms with E-state index in [0.717, 1.165) is 24.5 Å². The SMILES string of the molecule is C1CC(NC2CN3CCC2CC3)C(C2CC2)O1. The lowest BCUT2D eigenvalue weighted by atomic mass is 9.83. The Kier molecular flexibility index (Phi) is 2.67. The molecule has 5 rings (SSSR count). The Morgan fingerprint density at radius 2 is 1.71 bits per heavy atom. The van der Waals surface area contributed by atoms with Gasteiger partial charge in [-0.05, 0) is 57.0 Å². The first-order valence-electron chi connectivity index (χ1n) is 7.50. The van der Waals surface area contributed by atoms with Crippen LogP contribution in [0.2, 0.25) is 0 Å². The van der Waals surface area contributed by atoms with Crippen LogP contribution in [0.5, 0.6) is 0 Å². The average molecular weight is 236 g/mol. The van der Waals surface area contributed by atoms with E-state index < -0.39 is 0 Å². The van der Waals surface area contributed by atoms with Gasteiger partial charge in [-0.3, -0.25) is 0 Å². The Balaban J connectivity index is 1.39. The molecule has 0 spiro atoms. The van der Waals surface area contributed by atoms with Gasteiger partial charge in [-0.2, -0.15) is 0 Å². The molecule has 0 aromatic heterocycles. The third-order valence-electron chi connectivity index (χ3n) is 5.31. The molecule has 4 aliphatic heterocycles. The normalized spacial score (nSPS) is 49.8. The zero-order chi connectivity index (χ0) is 11.2. The van der Waals surface area contributed by atoms with Crippen molar-refractivity contribution in [2.24, 2.45) is 11.8 Å². The summed E-state index contributed by atoms with van der Waals surface area (Å²) in [6.07, 6.45) is 7.43. The molecule has 96 valence electrons. The van der Waals surface area contributed by atoms with Crippen LogP contribution >= 0.6 is 0 Å². The first-order valence-corrected chi connectivity index (χ1v) is 7.50. The van der Waals surface area contributed by atoms with Gasteiger partial charge in [0.25, 0.3) is 0 Å². The predicted molar refractivity (Wildman–Crippen MR) is 67.0 cm³/mol. The topological polar surface area (TPSA) is 24.5 Å². The number of nitrogens with one attached hydrogen (secondary N) is 1. The molecule has 0 aromatic rings. The third-order valence-corrected chi connectivity index (χ3v) is 5.31. The molecule has 1 N–H and O–H groups in total. The minimum atomic E-state index is 0.547. The molecule has 5 aliphatic rings. The fraction of sp³-hybridized carbons (Fsp3) is 1.00. The number of hydrogen-bond donors (Lipinski definition) is 1. The molecule has 3 atom stereocenters. The van der Waals surface area contributed by atoms with Crippen molar-refractivity contribution >= 4 is 0 Å². The monoisotopic (exact) mass is 236 g/mol. The molecule has 3 unspecified atom stereocenters. The van der Waals surface area contributed by atoms with E-state index in [-0.39, 0.29) is 0 Å². The summed E-state index contributed by atoms with van der Waals surface area (Å²) in [5, 5.41) is 3.95. The van der Waals surface area contributed by atoms with Crippen molar-refractivity contribution in [3.63, 3.8) is 0 Å². The predicted octanol–water partition coefficient (Wildman–Crippen LogP) is 1.24. The van der Waals surface area contributed by atoms with E-state index in [1.807, 2.05) is 0 Å². The lowest BCUT2D eigenvalue weighted by molar-refractivity contribution is 0.0456. The molecule has 0 radical (unpaired) electrons. The van der Waals surface area contributed by atoms with Gasteiger partial charge in [0.05, 0.1) is 6.10 Å². The molecule has 5 fully saturated rings. The highest BCUT2D eigenvalue weighted by atomic mass is 16.5. The Bertz CT molecular complexity index is 284.